The van der Waals surface area contributed by atoms with E-state index in [9.17, 15) is 4.79 Å². The summed E-state index contributed by atoms with van der Waals surface area (Å²) in [5.74, 6) is 0.936. The van der Waals surface area contributed by atoms with E-state index in [4.69, 9.17) is 9.72 Å². The van der Waals surface area contributed by atoms with Crippen molar-refractivity contribution in [3.8, 4) is 17.0 Å². The van der Waals surface area contributed by atoms with Crippen LogP contribution in [0.5, 0.6) is 5.75 Å². The number of amides is 1. The number of methoxy groups -OCH3 is 1. The van der Waals surface area contributed by atoms with Crippen LogP contribution in [0.1, 0.15) is 10.4 Å². The number of thiazole rings is 1. The van der Waals surface area contributed by atoms with Gasteiger partial charge in [0.15, 0.2) is 4.96 Å². The molecule has 0 spiro atoms. The maximum atomic E-state index is 13.2. The quantitative estimate of drug-likeness (QED) is 0.364. The Hall–Kier alpha value is -3.84. The van der Waals surface area contributed by atoms with Crippen LogP contribution in [0.2, 0.25) is 0 Å². The summed E-state index contributed by atoms with van der Waals surface area (Å²) >= 11 is 1.62. The predicted molar refractivity (Wildman–Crippen MR) is 137 cm³/mol. The van der Waals surface area contributed by atoms with Crippen molar-refractivity contribution in [3.63, 3.8) is 0 Å². The maximum absolute atomic E-state index is 13.2. The van der Waals surface area contributed by atoms with Gasteiger partial charge in [0.2, 0.25) is 0 Å². The van der Waals surface area contributed by atoms with Crippen molar-refractivity contribution in [2.24, 2.45) is 0 Å². The van der Waals surface area contributed by atoms with Crippen molar-refractivity contribution >= 4 is 38.1 Å². The van der Waals surface area contributed by atoms with Gasteiger partial charge < -0.3 is 14.5 Å². The molecular formula is C27H24N4O2S. The molecule has 1 saturated heterocycles. The number of ether oxygens (including phenoxy) is 1. The Morgan fingerprint density at radius 2 is 1.76 bits per heavy atom. The van der Waals surface area contributed by atoms with Crippen LogP contribution in [-0.4, -0.2) is 53.5 Å². The minimum Gasteiger partial charge on any atom is -0.497 e. The van der Waals surface area contributed by atoms with Gasteiger partial charge in [-0.3, -0.25) is 9.20 Å². The Morgan fingerprint density at radius 3 is 2.56 bits per heavy atom. The average molecular weight is 469 g/mol. The van der Waals surface area contributed by atoms with Gasteiger partial charge in [-0.15, -0.1) is 0 Å². The van der Waals surface area contributed by atoms with Crippen LogP contribution in [0.4, 0.5) is 5.69 Å². The zero-order valence-corrected chi connectivity index (χ0v) is 19.7. The largest absolute Gasteiger partial charge is 0.497 e. The molecule has 0 saturated carbocycles. The minimum atomic E-state index is 0.0863. The van der Waals surface area contributed by atoms with Crippen LogP contribution in [0.15, 0.2) is 79.0 Å². The summed E-state index contributed by atoms with van der Waals surface area (Å²) in [6, 6.07) is 24.3. The molecule has 1 aliphatic rings. The number of hydrogen-bond donors (Lipinski definition) is 0. The highest BCUT2D eigenvalue weighted by Crippen LogP contribution is 2.30. The molecule has 7 heteroatoms. The second-order valence-corrected chi connectivity index (χ2v) is 9.42. The van der Waals surface area contributed by atoms with Crippen LogP contribution >= 0.6 is 11.3 Å². The standard InChI is InChI=1S/C27H24N4O2S/c1-33-22-9-5-8-21(17-22)29-12-14-30(15-13-29)26(32)20-10-11-24-25(16-20)34-27-28-23(18-31(24)27)19-6-3-2-4-7-19/h2-11,16-18H,12-15H2,1H3. The highest BCUT2D eigenvalue weighted by atomic mass is 32.1. The zero-order valence-electron chi connectivity index (χ0n) is 18.8. The Bertz CT molecular complexity index is 1480. The first-order valence-corrected chi connectivity index (χ1v) is 12.2. The molecule has 3 heterocycles. The number of rotatable bonds is 4. The highest BCUT2D eigenvalue weighted by Gasteiger charge is 2.23. The van der Waals surface area contributed by atoms with E-state index in [0.29, 0.717) is 13.1 Å². The summed E-state index contributed by atoms with van der Waals surface area (Å²) < 4.78 is 8.53. The molecule has 3 aromatic carbocycles. The molecule has 1 fully saturated rings. The monoisotopic (exact) mass is 468 g/mol. The third-order valence-electron chi connectivity index (χ3n) is 6.40. The number of anilines is 1. The van der Waals surface area contributed by atoms with Crippen molar-refractivity contribution in [1.29, 1.82) is 0 Å². The number of imidazole rings is 1. The van der Waals surface area contributed by atoms with E-state index in [2.05, 4.69) is 33.7 Å². The van der Waals surface area contributed by atoms with E-state index in [0.717, 1.165) is 56.5 Å². The van der Waals surface area contributed by atoms with E-state index < -0.39 is 0 Å². The highest BCUT2D eigenvalue weighted by molar-refractivity contribution is 7.23. The van der Waals surface area contributed by atoms with E-state index >= 15 is 0 Å². The number of hydrogen-bond acceptors (Lipinski definition) is 5. The van der Waals surface area contributed by atoms with Gasteiger partial charge in [0.1, 0.15) is 5.75 Å². The third-order valence-corrected chi connectivity index (χ3v) is 7.41. The lowest BCUT2D eigenvalue weighted by Crippen LogP contribution is -2.48. The Labute approximate surface area is 201 Å². The fourth-order valence-corrected chi connectivity index (χ4v) is 5.59. The molecule has 0 bridgehead atoms. The summed E-state index contributed by atoms with van der Waals surface area (Å²) in [6.07, 6.45) is 2.07. The molecule has 0 aliphatic carbocycles. The summed E-state index contributed by atoms with van der Waals surface area (Å²) in [5, 5.41) is 0. The second-order valence-electron chi connectivity index (χ2n) is 8.41. The number of fused-ring (bicyclic) bond motifs is 3. The SMILES string of the molecule is COc1cccc(N2CCN(C(=O)c3ccc4c(c3)sc3nc(-c5ccccc5)cn34)CC2)c1. The Morgan fingerprint density at radius 1 is 0.941 bits per heavy atom. The van der Waals surface area contributed by atoms with E-state index in [1.165, 1.54) is 0 Å². The minimum absolute atomic E-state index is 0.0863. The lowest BCUT2D eigenvalue weighted by atomic mass is 10.1. The first-order chi connectivity index (χ1) is 16.7. The number of nitrogens with zero attached hydrogens (tertiary/aromatic N) is 4. The molecule has 1 amide bonds. The lowest BCUT2D eigenvalue weighted by molar-refractivity contribution is 0.0747. The molecular weight excluding hydrogens is 444 g/mol. The van der Waals surface area contributed by atoms with E-state index in [1.807, 2.05) is 59.5 Å². The lowest BCUT2D eigenvalue weighted by Gasteiger charge is -2.36. The van der Waals surface area contributed by atoms with Crippen LogP contribution in [0.3, 0.4) is 0 Å². The third kappa shape index (κ3) is 3.68. The fourth-order valence-electron chi connectivity index (χ4n) is 4.54. The van der Waals surface area contributed by atoms with Crippen molar-refractivity contribution in [2.45, 2.75) is 0 Å². The van der Waals surface area contributed by atoms with Crippen molar-refractivity contribution < 1.29 is 9.53 Å². The molecule has 0 radical (unpaired) electrons. The molecule has 6 nitrogen and oxygen atoms in total. The van der Waals surface area contributed by atoms with Crippen molar-refractivity contribution in [3.05, 3.63) is 84.6 Å². The summed E-state index contributed by atoms with van der Waals surface area (Å²) in [5.41, 5.74) is 5.00. The van der Waals surface area contributed by atoms with Crippen molar-refractivity contribution in [2.75, 3.05) is 38.2 Å². The van der Waals surface area contributed by atoms with Gasteiger partial charge in [0.05, 0.1) is 23.0 Å². The van der Waals surface area contributed by atoms with Gasteiger partial charge in [0.25, 0.3) is 5.91 Å². The number of aromatic nitrogens is 2. The van der Waals surface area contributed by atoms with Gasteiger partial charge >= 0.3 is 0 Å². The summed E-state index contributed by atoms with van der Waals surface area (Å²) in [7, 11) is 1.68. The first-order valence-electron chi connectivity index (χ1n) is 11.3. The second kappa shape index (κ2) is 8.50. The molecule has 0 atom stereocenters. The molecule has 0 unspecified atom stereocenters. The number of benzene rings is 3. The number of carbonyl (C=O) groups excluding carboxylic acids is 1. The summed E-state index contributed by atoms with van der Waals surface area (Å²) in [4.78, 5) is 23.2. The molecule has 170 valence electrons. The smallest absolute Gasteiger partial charge is 0.254 e. The van der Waals surface area contributed by atoms with Gasteiger partial charge in [-0.25, -0.2) is 4.98 Å². The molecule has 34 heavy (non-hydrogen) atoms. The first kappa shape index (κ1) is 20.7. The van der Waals surface area contributed by atoms with Gasteiger partial charge in [-0.05, 0) is 30.3 Å². The molecule has 6 rings (SSSR count). The van der Waals surface area contributed by atoms with Gasteiger partial charge in [-0.1, -0.05) is 47.7 Å². The van der Waals surface area contributed by atoms with E-state index in [-0.39, 0.29) is 5.91 Å². The molecule has 0 N–H and O–H groups in total. The average Bonchev–Trinajstić information content (AvgIpc) is 3.47. The van der Waals surface area contributed by atoms with Gasteiger partial charge in [0, 0.05) is 55.3 Å². The van der Waals surface area contributed by atoms with Crippen molar-refractivity contribution in [1.82, 2.24) is 14.3 Å². The Balaban J connectivity index is 1.20. The topological polar surface area (TPSA) is 50.1 Å². The molecule has 2 aromatic heterocycles. The Kier molecular flexibility index (Phi) is 5.19. The van der Waals surface area contributed by atoms with Gasteiger partial charge in [-0.2, -0.15) is 0 Å². The van der Waals surface area contributed by atoms with E-state index in [1.54, 1.807) is 18.4 Å². The predicted octanol–water partition coefficient (Wildman–Crippen LogP) is 5.19. The fraction of sp³-hybridized carbons (Fsp3) is 0.185. The number of piperazine rings is 1. The van der Waals surface area contributed by atoms with Crippen LogP contribution in [-0.2, 0) is 0 Å². The molecule has 5 aromatic rings. The summed E-state index contributed by atoms with van der Waals surface area (Å²) in [6.45, 7) is 3.00. The maximum Gasteiger partial charge on any atom is 0.254 e. The molecule has 1 aliphatic heterocycles. The van der Waals surface area contributed by atoms with Crippen LogP contribution < -0.4 is 9.64 Å². The number of carbonyl (C=O) groups is 1. The van der Waals surface area contributed by atoms with Crippen LogP contribution in [0, 0.1) is 0 Å². The normalized spacial score (nSPS) is 14.1. The van der Waals surface area contributed by atoms with Crippen LogP contribution in [0.25, 0.3) is 26.4 Å². The zero-order chi connectivity index (χ0) is 23.1.